The van der Waals surface area contributed by atoms with Gasteiger partial charge in [-0.05, 0) is 6.92 Å². The Kier molecular flexibility index (Phi) is 11.5. The molecule has 0 fully saturated rings. The zero-order chi connectivity index (χ0) is 10.3. The van der Waals surface area contributed by atoms with E-state index in [-0.39, 0.29) is 40.5 Å². The molecule has 8 heteroatoms. The number of carbonyl (C=O) groups is 2. The van der Waals surface area contributed by atoms with Gasteiger partial charge in [0, 0.05) is 11.8 Å². The second-order valence-corrected chi connectivity index (χ2v) is 3.41. The number of ether oxygens (including phenoxy) is 1. The van der Waals surface area contributed by atoms with Crippen molar-refractivity contribution in [3.63, 3.8) is 0 Å². The van der Waals surface area contributed by atoms with Crippen LogP contribution in [-0.4, -0.2) is 28.7 Å². The van der Waals surface area contributed by atoms with E-state index in [1.807, 2.05) is 0 Å². The summed E-state index contributed by atoms with van der Waals surface area (Å²) in [7, 11) is 0. The molecule has 0 spiro atoms. The van der Waals surface area contributed by atoms with E-state index in [1.165, 1.54) is 0 Å². The second kappa shape index (κ2) is 9.72. The van der Waals surface area contributed by atoms with E-state index in [0.717, 1.165) is 0 Å². The molecule has 0 aromatic carbocycles. The number of aliphatic carboxylic acids is 1. The summed E-state index contributed by atoms with van der Waals surface area (Å²) in [5.74, 6) is -1.29. The molecule has 0 aliphatic rings. The van der Waals surface area contributed by atoms with Crippen LogP contribution in [0.15, 0.2) is 0 Å². The largest absolute Gasteiger partial charge is 1.00 e. The molecule has 5 nitrogen and oxygen atoms in total. The number of thioether (sulfide) groups is 1. The molecule has 0 radical (unpaired) electrons. The van der Waals surface area contributed by atoms with Gasteiger partial charge < -0.3 is 20.0 Å². The molecule has 0 saturated heterocycles. The first-order valence-electron chi connectivity index (χ1n) is 3.38. The summed E-state index contributed by atoms with van der Waals surface area (Å²) in [5.41, 5.74) is 0. The van der Waals surface area contributed by atoms with Gasteiger partial charge in [0.1, 0.15) is 4.32 Å². The molecule has 0 aromatic rings. The van der Waals surface area contributed by atoms with E-state index in [0.29, 0.717) is 11.8 Å². The second-order valence-electron chi connectivity index (χ2n) is 1.80. The van der Waals surface area contributed by atoms with Gasteiger partial charge >= 0.3 is 34.9 Å². The van der Waals surface area contributed by atoms with Gasteiger partial charge in [0.25, 0.3) is 0 Å². The predicted molar refractivity (Wildman–Crippen MR) is 50.2 cm³/mol. The summed E-state index contributed by atoms with van der Waals surface area (Å²) >= 11 is 5.26. The number of hydrogen-bond acceptors (Lipinski definition) is 6. The molecule has 0 heterocycles. The van der Waals surface area contributed by atoms with Gasteiger partial charge in [-0.15, -0.1) is 0 Å². The first-order chi connectivity index (χ1) is 6.06. The van der Waals surface area contributed by atoms with E-state index in [4.69, 9.17) is 0 Å². The summed E-state index contributed by atoms with van der Waals surface area (Å²) < 4.78 is 4.61. The van der Waals surface area contributed by atoms with Crippen LogP contribution in [0.4, 0.5) is 4.79 Å². The van der Waals surface area contributed by atoms with Gasteiger partial charge in [0.05, 0.1) is 19.1 Å². The first-order valence-corrected chi connectivity index (χ1v) is 4.61. The summed E-state index contributed by atoms with van der Waals surface area (Å²) in [6.07, 6.45) is 0. The van der Waals surface area contributed by atoms with E-state index >= 15 is 0 Å². The maximum absolute atomic E-state index is 10.7. The van der Waals surface area contributed by atoms with Crippen molar-refractivity contribution in [1.29, 1.82) is 0 Å². The van der Waals surface area contributed by atoms with Crippen LogP contribution in [0.5, 0.6) is 0 Å². The Balaban J connectivity index is 0. The molecule has 0 saturated carbocycles. The van der Waals surface area contributed by atoms with Crippen molar-refractivity contribution in [3.8, 4) is 0 Å². The molecule has 0 amide bonds. The third kappa shape index (κ3) is 10.3. The van der Waals surface area contributed by atoms with E-state index in [2.05, 4.69) is 22.3 Å². The van der Waals surface area contributed by atoms with E-state index in [1.54, 1.807) is 6.92 Å². The Labute approximate surface area is 113 Å². The molecule has 0 atom stereocenters. The summed E-state index contributed by atoms with van der Waals surface area (Å²) in [6.45, 7) is 1.51. The fourth-order valence-electron chi connectivity index (χ4n) is 0.403. The van der Waals surface area contributed by atoms with Crippen LogP contribution in [0.1, 0.15) is 6.92 Å². The Morgan fingerprint density at radius 3 is 2.57 bits per heavy atom. The number of carboxylic acids is 1. The predicted octanol–water partition coefficient (Wildman–Crippen LogP) is -3.50. The molecule has 0 rings (SSSR count). The average Bonchev–Trinajstić information content (AvgIpc) is 2.01. The van der Waals surface area contributed by atoms with Gasteiger partial charge in [0.2, 0.25) is 0 Å². The Morgan fingerprint density at radius 2 is 2.14 bits per heavy atom. The molecular weight excluding hydrogens is 237 g/mol. The molecule has 0 bridgehead atoms. The average molecular weight is 245 g/mol. The number of hydrogen-bond donors (Lipinski definition) is 1. The third-order valence-corrected chi connectivity index (χ3v) is 1.82. The van der Waals surface area contributed by atoms with Crippen LogP contribution in [0, 0.1) is 0 Å². The minimum absolute atomic E-state index is 0. The van der Waals surface area contributed by atoms with E-state index in [9.17, 15) is 14.7 Å². The van der Waals surface area contributed by atoms with Crippen molar-refractivity contribution in [2.24, 2.45) is 0 Å². The molecule has 14 heavy (non-hydrogen) atoms. The molecule has 1 N–H and O–H groups in total. The SMILES string of the molecule is CCOC(=O)SC(=S)NCC(=O)[O-].[Na+]. The van der Waals surface area contributed by atoms with Gasteiger partial charge in [-0.2, -0.15) is 0 Å². The third-order valence-electron chi connectivity index (χ3n) is 0.815. The van der Waals surface area contributed by atoms with Gasteiger partial charge in [0.15, 0.2) is 0 Å². The van der Waals surface area contributed by atoms with Crippen LogP contribution in [0.2, 0.25) is 0 Å². The molecule has 0 unspecified atom stereocenters. The van der Waals surface area contributed by atoms with Crippen LogP contribution in [0.3, 0.4) is 0 Å². The van der Waals surface area contributed by atoms with Crippen molar-refractivity contribution in [1.82, 2.24) is 5.32 Å². The van der Waals surface area contributed by atoms with Gasteiger partial charge in [-0.3, -0.25) is 0 Å². The van der Waals surface area contributed by atoms with E-state index < -0.39 is 17.8 Å². The quantitative estimate of drug-likeness (QED) is 0.314. The topological polar surface area (TPSA) is 78.5 Å². The minimum Gasteiger partial charge on any atom is -0.548 e. The Morgan fingerprint density at radius 1 is 1.57 bits per heavy atom. The number of thiocarbonyl (C=S) groups is 1. The van der Waals surface area contributed by atoms with Crippen LogP contribution >= 0.6 is 24.0 Å². The summed E-state index contributed by atoms with van der Waals surface area (Å²) in [5, 5.41) is 11.7. The van der Waals surface area contributed by atoms with Gasteiger partial charge in [-0.1, -0.05) is 12.2 Å². The molecule has 0 aliphatic carbocycles. The van der Waals surface area contributed by atoms with Crippen molar-refractivity contribution in [2.75, 3.05) is 13.2 Å². The first kappa shape index (κ1) is 16.6. The maximum atomic E-state index is 10.7. The minimum atomic E-state index is -1.29. The number of nitrogens with one attached hydrogen (secondary N) is 1. The van der Waals surface area contributed by atoms with Crippen LogP contribution in [0.25, 0.3) is 0 Å². The van der Waals surface area contributed by atoms with Crippen molar-refractivity contribution in [2.45, 2.75) is 6.92 Å². The standard InChI is InChI=1S/C6H9NO4S2.Na/c1-2-11-6(10)13-5(12)7-3-4(8)9;/h2-3H2,1H3,(H,7,12)(H,8,9);/q;+1/p-1. The summed E-state index contributed by atoms with van der Waals surface area (Å²) in [6, 6.07) is 0. The monoisotopic (exact) mass is 245 g/mol. The Hall–Kier alpha value is 0.180. The maximum Gasteiger partial charge on any atom is 1.00 e. The fourth-order valence-corrected chi connectivity index (χ4v) is 1.15. The number of carboxylic acid groups (broad SMARTS) is 1. The van der Waals surface area contributed by atoms with Crippen molar-refractivity contribution in [3.05, 3.63) is 0 Å². The smallest absolute Gasteiger partial charge is 0.548 e. The van der Waals surface area contributed by atoms with Crippen LogP contribution in [-0.2, 0) is 9.53 Å². The number of rotatable bonds is 3. The van der Waals surface area contributed by atoms with Crippen molar-refractivity contribution < 1.29 is 49.0 Å². The number of carbonyl (C=O) groups excluding carboxylic acids is 2. The molecular formula is C6H8NNaO4S2. The fraction of sp³-hybridized carbons (Fsp3) is 0.500. The summed E-state index contributed by atoms with van der Waals surface area (Å²) in [4.78, 5) is 20.7. The molecule has 0 aliphatic heterocycles. The molecule has 74 valence electrons. The normalized spacial score (nSPS) is 8.36. The van der Waals surface area contributed by atoms with Gasteiger partial charge in [-0.25, -0.2) is 4.79 Å². The molecule has 0 aromatic heterocycles. The zero-order valence-electron chi connectivity index (χ0n) is 7.86. The van der Waals surface area contributed by atoms with Crippen LogP contribution < -0.4 is 40.0 Å². The zero-order valence-corrected chi connectivity index (χ0v) is 11.5. The Bertz CT molecular complexity index is 224. The van der Waals surface area contributed by atoms with Crippen molar-refractivity contribution >= 4 is 39.6 Å².